The highest BCUT2D eigenvalue weighted by molar-refractivity contribution is 5.71. The van der Waals surface area contributed by atoms with E-state index in [4.69, 9.17) is 5.11 Å². The highest BCUT2D eigenvalue weighted by Gasteiger charge is 2.28. The summed E-state index contributed by atoms with van der Waals surface area (Å²) in [4.78, 5) is 10.4. The third-order valence-corrected chi connectivity index (χ3v) is 1.84. The minimum Gasteiger partial charge on any atom is -0.481 e. The maximum atomic E-state index is 10.4. The summed E-state index contributed by atoms with van der Waals surface area (Å²) in [5, 5.41) is 11.6. The minimum atomic E-state index is -0.674. The lowest BCUT2D eigenvalue weighted by Gasteiger charge is -2.07. The Morgan fingerprint density at radius 1 is 1.78 bits per heavy atom. The third kappa shape index (κ3) is 1.21. The Bertz CT molecular complexity index is 124. The van der Waals surface area contributed by atoms with E-state index in [0.29, 0.717) is 0 Å². The topological polar surface area (TPSA) is 49.3 Å². The third-order valence-electron chi connectivity index (χ3n) is 1.84. The number of nitrogens with one attached hydrogen (secondary N) is 1. The zero-order valence-electron chi connectivity index (χ0n) is 5.42. The van der Waals surface area contributed by atoms with E-state index < -0.39 is 5.97 Å². The van der Waals surface area contributed by atoms with Crippen molar-refractivity contribution < 1.29 is 9.90 Å². The van der Waals surface area contributed by atoms with E-state index in [1.807, 2.05) is 6.92 Å². The van der Waals surface area contributed by atoms with Gasteiger partial charge in [0.1, 0.15) is 0 Å². The van der Waals surface area contributed by atoms with Gasteiger partial charge in [0, 0.05) is 6.04 Å². The maximum Gasteiger partial charge on any atom is 0.308 e. The lowest BCUT2D eigenvalue weighted by molar-refractivity contribution is -0.141. The number of carboxylic acid groups (broad SMARTS) is 1. The molecule has 1 heterocycles. The summed E-state index contributed by atoms with van der Waals surface area (Å²) in [6, 6.07) is 0.155. The van der Waals surface area contributed by atoms with Crippen molar-refractivity contribution in [1.29, 1.82) is 0 Å². The highest BCUT2D eigenvalue weighted by atomic mass is 16.4. The minimum absolute atomic E-state index is 0.155. The molecule has 1 aliphatic rings. The van der Waals surface area contributed by atoms with Crippen molar-refractivity contribution in [2.45, 2.75) is 19.4 Å². The first kappa shape index (κ1) is 6.55. The van der Waals surface area contributed by atoms with Gasteiger partial charge in [-0.15, -0.1) is 0 Å². The number of hydrogen-bond donors (Lipinski definition) is 2. The van der Waals surface area contributed by atoms with Gasteiger partial charge >= 0.3 is 5.97 Å². The SMILES string of the molecule is C[C@@H]1NCC[C@@H]1C(=O)O. The molecular weight excluding hydrogens is 118 g/mol. The summed E-state index contributed by atoms with van der Waals surface area (Å²) in [6.45, 7) is 2.75. The van der Waals surface area contributed by atoms with E-state index in [9.17, 15) is 4.79 Å². The largest absolute Gasteiger partial charge is 0.481 e. The second-order valence-electron chi connectivity index (χ2n) is 2.48. The predicted molar refractivity (Wildman–Crippen MR) is 33.2 cm³/mol. The van der Waals surface area contributed by atoms with Gasteiger partial charge in [0.2, 0.25) is 0 Å². The molecule has 1 aliphatic heterocycles. The first-order chi connectivity index (χ1) is 4.22. The summed E-state index contributed by atoms with van der Waals surface area (Å²) < 4.78 is 0. The predicted octanol–water partition coefficient (Wildman–Crippen LogP) is 0.0690. The molecule has 1 rings (SSSR count). The molecule has 3 heteroatoms. The second-order valence-corrected chi connectivity index (χ2v) is 2.48. The van der Waals surface area contributed by atoms with Gasteiger partial charge < -0.3 is 10.4 Å². The number of aliphatic carboxylic acids is 1. The fourth-order valence-corrected chi connectivity index (χ4v) is 1.20. The van der Waals surface area contributed by atoms with Gasteiger partial charge in [0.05, 0.1) is 5.92 Å². The molecule has 2 atom stereocenters. The molecule has 0 aliphatic carbocycles. The average molecular weight is 129 g/mol. The van der Waals surface area contributed by atoms with Crippen LogP contribution >= 0.6 is 0 Å². The summed E-state index contributed by atoms with van der Waals surface area (Å²) in [5.74, 6) is -0.836. The van der Waals surface area contributed by atoms with Crippen molar-refractivity contribution in [3.63, 3.8) is 0 Å². The Labute approximate surface area is 54.1 Å². The van der Waals surface area contributed by atoms with Gasteiger partial charge in [-0.25, -0.2) is 0 Å². The van der Waals surface area contributed by atoms with Crippen molar-refractivity contribution in [2.24, 2.45) is 5.92 Å². The average Bonchev–Trinajstić information content (AvgIpc) is 2.13. The Morgan fingerprint density at radius 2 is 2.44 bits per heavy atom. The van der Waals surface area contributed by atoms with Crippen molar-refractivity contribution in [2.75, 3.05) is 6.54 Å². The number of carbonyl (C=O) groups is 1. The van der Waals surface area contributed by atoms with Crippen LogP contribution in [-0.4, -0.2) is 23.7 Å². The van der Waals surface area contributed by atoms with E-state index >= 15 is 0 Å². The van der Waals surface area contributed by atoms with Crippen LogP contribution in [0.4, 0.5) is 0 Å². The molecule has 0 aromatic carbocycles. The molecule has 0 saturated carbocycles. The van der Waals surface area contributed by atoms with Crippen molar-refractivity contribution >= 4 is 5.97 Å². The number of rotatable bonds is 1. The van der Waals surface area contributed by atoms with Crippen LogP contribution in [0.25, 0.3) is 0 Å². The van der Waals surface area contributed by atoms with Crippen LogP contribution in [0.3, 0.4) is 0 Å². The quantitative estimate of drug-likeness (QED) is 0.526. The number of carboxylic acids is 1. The van der Waals surface area contributed by atoms with E-state index in [2.05, 4.69) is 5.32 Å². The summed E-state index contributed by atoms with van der Waals surface area (Å²) in [7, 11) is 0. The lowest BCUT2D eigenvalue weighted by atomic mass is 10.0. The van der Waals surface area contributed by atoms with Crippen molar-refractivity contribution in [3.8, 4) is 0 Å². The fourth-order valence-electron chi connectivity index (χ4n) is 1.20. The molecule has 0 bridgehead atoms. The Hall–Kier alpha value is -0.570. The van der Waals surface area contributed by atoms with Gasteiger partial charge in [-0.1, -0.05) is 0 Å². The molecule has 9 heavy (non-hydrogen) atoms. The van der Waals surface area contributed by atoms with Crippen LogP contribution in [0.15, 0.2) is 0 Å². The monoisotopic (exact) mass is 129 g/mol. The van der Waals surface area contributed by atoms with Crippen LogP contribution in [-0.2, 0) is 4.79 Å². The standard InChI is InChI=1S/C6H11NO2/c1-4-5(6(8)9)2-3-7-4/h4-5,7H,2-3H2,1H3,(H,8,9)/t4-,5-/m0/s1. The molecule has 0 radical (unpaired) electrons. The van der Waals surface area contributed by atoms with Crippen LogP contribution in [0.2, 0.25) is 0 Å². The molecule has 1 saturated heterocycles. The zero-order chi connectivity index (χ0) is 6.85. The van der Waals surface area contributed by atoms with Gasteiger partial charge in [0.15, 0.2) is 0 Å². The van der Waals surface area contributed by atoms with Gasteiger partial charge in [-0.3, -0.25) is 4.79 Å². The zero-order valence-corrected chi connectivity index (χ0v) is 5.42. The van der Waals surface area contributed by atoms with Crippen LogP contribution in [0, 0.1) is 5.92 Å². The maximum absolute atomic E-state index is 10.4. The second kappa shape index (κ2) is 2.35. The Morgan fingerprint density at radius 3 is 2.67 bits per heavy atom. The number of hydrogen-bond acceptors (Lipinski definition) is 2. The summed E-state index contributed by atoms with van der Waals surface area (Å²) >= 11 is 0. The highest BCUT2D eigenvalue weighted by Crippen LogP contribution is 2.14. The van der Waals surface area contributed by atoms with Crippen molar-refractivity contribution in [1.82, 2.24) is 5.32 Å². The molecule has 1 fully saturated rings. The normalized spacial score (nSPS) is 34.8. The summed E-state index contributed by atoms with van der Waals surface area (Å²) in [5.41, 5.74) is 0. The van der Waals surface area contributed by atoms with Crippen molar-refractivity contribution in [3.05, 3.63) is 0 Å². The Kier molecular flexibility index (Phi) is 1.71. The van der Waals surface area contributed by atoms with E-state index in [1.54, 1.807) is 0 Å². The fraction of sp³-hybridized carbons (Fsp3) is 0.833. The van der Waals surface area contributed by atoms with Gasteiger partial charge in [-0.2, -0.15) is 0 Å². The summed E-state index contributed by atoms with van der Waals surface area (Å²) in [6.07, 6.45) is 0.774. The molecule has 2 N–H and O–H groups in total. The van der Waals surface area contributed by atoms with Crippen LogP contribution in [0.5, 0.6) is 0 Å². The first-order valence-electron chi connectivity index (χ1n) is 3.18. The van der Waals surface area contributed by atoms with E-state index in [1.165, 1.54) is 0 Å². The van der Waals surface area contributed by atoms with Gasteiger partial charge in [0.25, 0.3) is 0 Å². The smallest absolute Gasteiger partial charge is 0.308 e. The molecule has 0 unspecified atom stereocenters. The first-order valence-corrected chi connectivity index (χ1v) is 3.18. The molecular formula is C6H11NO2. The molecule has 0 spiro atoms. The van der Waals surface area contributed by atoms with E-state index in [-0.39, 0.29) is 12.0 Å². The Balaban J connectivity index is 2.49. The lowest BCUT2D eigenvalue weighted by Crippen LogP contribution is -2.27. The molecule has 52 valence electrons. The molecule has 3 nitrogen and oxygen atoms in total. The van der Waals surface area contributed by atoms with Crippen LogP contribution < -0.4 is 5.32 Å². The van der Waals surface area contributed by atoms with Crippen LogP contribution in [0.1, 0.15) is 13.3 Å². The van der Waals surface area contributed by atoms with Gasteiger partial charge in [-0.05, 0) is 19.9 Å². The molecule has 0 aromatic rings. The molecule has 0 aromatic heterocycles. The van der Waals surface area contributed by atoms with E-state index in [0.717, 1.165) is 13.0 Å². The molecule has 0 amide bonds.